The number of aliphatic hydroxyl groups excluding tert-OH is 1. The molecule has 0 saturated carbocycles. The van der Waals surface area contributed by atoms with E-state index in [1.807, 2.05) is 17.4 Å². The van der Waals surface area contributed by atoms with E-state index in [9.17, 15) is 0 Å². The van der Waals surface area contributed by atoms with Crippen molar-refractivity contribution in [1.29, 1.82) is 0 Å². The van der Waals surface area contributed by atoms with Crippen LogP contribution in [0.3, 0.4) is 0 Å². The van der Waals surface area contributed by atoms with Gasteiger partial charge in [0.25, 0.3) is 0 Å². The summed E-state index contributed by atoms with van der Waals surface area (Å²) in [5.41, 5.74) is 0. The van der Waals surface area contributed by atoms with Gasteiger partial charge in [-0.1, -0.05) is 13.0 Å². The molecule has 0 aliphatic heterocycles. The lowest BCUT2D eigenvalue weighted by molar-refractivity contribution is 0.204. The van der Waals surface area contributed by atoms with Crippen LogP contribution in [0.5, 0.6) is 0 Å². The second kappa shape index (κ2) is 8.42. The first-order valence-electron chi connectivity index (χ1n) is 6.02. The Kier molecular flexibility index (Phi) is 7.12. The number of hydrogen-bond acceptors (Lipinski definition) is 4. The predicted molar refractivity (Wildman–Crippen MR) is 74.3 cm³/mol. The van der Waals surface area contributed by atoms with Crippen molar-refractivity contribution in [1.82, 2.24) is 10.2 Å². The van der Waals surface area contributed by atoms with E-state index >= 15 is 0 Å². The van der Waals surface area contributed by atoms with Crippen LogP contribution in [0, 0.1) is 0 Å². The van der Waals surface area contributed by atoms with Gasteiger partial charge in [0, 0.05) is 35.9 Å². The summed E-state index contributed by atoms with van der Waals surface area (Å²) in [6.45, 7) is 10.4. The van der Waals surface area contributed by atoms with Crippen LogP contribution in [0.15, 0.2) is 24.8 Å². The van der Waals surface area contributed by atoms with Crippen molar-refractivity contribution in [3.05, 3.63) is 34.5 Å². The highest BCUT2D eigenvalue weighted by Gasteiger charge is 2.06. The molecular formula is C13H22N2OS. The summed E-state index contributed by atoms with van der Waals surface area (Å²) in [7, 11) is 0. The van der Waals surface area contributed by atoms with Crippen LogP contribution in [0.2, 0.25) is 0 Å². The Hall–Kier alpha value is -0.680. The average Bonchev–Trinajstić information content (AvgIpc) is 2.75. The van der Waals surface area contributed by atoms with Gasteiger partial charge in [0.2, 0.25) is 0 Å². The molecule has 17 heavy (non-hydrogen) atoms. The molecule has 1 rings (SSSR count). The lowest BCUT2D eigenvalue weighted by Crippen LogP contribution is -2.26. The van der Waals surface area contributed by atoms with Gasteiger partial charge in [-0.2, -0.15) is 0 Å². The van der Waals surface area contributed by atoms with Crippen molar-refractivity contribution in [2.45, 2.75) is 20.0 Å². The van der Waals surface area contributed by atoms with Crippen LogP contribution < -0.4 is 5.32 Å². The van der Waals surface area contributed by atoms with E-state index in [4.69, 9.17) is 5.11 Å². The van der Waals surface area contributed by atoms with Gasteiger partial charge >= 0.3 is 0 Å². The Morgan fingerprint density at radius 2 is 2.24 bits per heavy atom. The molecular weight excluding hydrogens is 232 g/mol. The Morgan fingerprint density at radius 3 is 2.88 bits per heavy atom. The Bertz CT molecular complexity index is 325. The lowest BCUT2D eigenvalue weighted by atomic mass is 10.3. The number of nitrogens with one attached hydrogen (secondary N) is 1. The minimum absolute atomic E-state index is 0.198. The van der Waals surface area contributed by atoms with E-state index in [2.05, 4.69) is 35.9 Å². The smallest absolute Gasteiger partial charge is 0.0558 e. The van der Waals surface area contributed by atoms with Crippen LogP contribution in [-0.4, -0.2) is 36.2 Å². The number of rotatable bonds is 9. The van der Waals surface area contributed by atoms with Crippen LogP contribution in [0.1, 0.15) is 16.7 Å². The zero-order valence-electron chi connectivity index (χ0n) is 10.5. The molecule has 0 amide bonds. The Balaban J connectivity index is 2.47. The maximum Gasteiger partial charge on any atom is 0.0558 e. The van der Waals surface area contributed by atoms with E-state index in [0.29, 0.717) is 6.54 Å². The maximum atomic E-state index is 8.98. The molecule has 0 bridgehead atoms. The summed E-state index contributed by atoms with van der Waals surface area (Å²) in [6.07, 6.45) is 1.88. The molecule has 0 atom stereocenters. The minimum atomic E-state index is 0.198. The van der Waals surface area contributed by atoms with Crippen molar-refractivity contribution in [3.8, 4) is 0 Å². The number of aliphatic hydroxyl groups is 1. The molecule has 0 spiro atoms. The van der Waals surface area contributed by atoms with Gasteiger partial charge < -0.3 is 10.4 Å². The average molecular weight is 254 g/mol. The van der Waals surface area contributed by atoms with Gasteiger partial charge in [-0.3, -0.25) is 4.90 Å². The molecule has 0 aromatic carbocycles. The molecule has 0 aliphatic carbocycles. The fourth-order valence-corrected chi connectivity index (χ4v) is 2.66. The van der Waals surface area contributed by atoms with Crippen molar-refractivity contribution < 1.29 is 5.11 Å². The maximum absolute atomic E-state index is 8.98. The topological polar surface area (TPSA) is 35.5 Å². The summed E-state index contributed by atoms with van der Waals surface area (Å²) in [5.74, 6) is 0. The number of hydrogen-bond donors (Lipinski definition) is 2. The van der Waals surface area contributed by atoms with Crippen molar-refractivity contribution in [2.75, 3.05) is 26.2 Å². The van der Waals surface area contributed by atoms with Crippen molar-refractivity contribution in [2.24, 2.45) is 0 Å². The molecule has 0 saturated heterocycles. The normalized spacial score (nSPS) is 11.0. The molecule has 4 heteroatoms. The molecule has 0 radical (unpaired) electrons. The second-order valence-corrected chi connectivity index (χ2v) is 5.15. The first-order chi connectivity index (χ1) is 8.30. The molecule has 2 N–H and O–H groups in total. The quantitative estimate of drug-likeness (QED) is 0.660. The highest BCUT2D eigenvalue weighted by molar-refractivity contribution is 7.11. The summed E-state index contributed by atoms with van der Waals surface area (Å²) >= 11 is 1.83. The molecule has 1 heterocycles. The van der Waals surface area contributed by atoms with Gasteiger partial charge in [-0.25, -0.2) is 0 Å². The third-order valence-corrected chi connectivity index (χ3v) is 3.52. The van der Waals surface area contributed by atoms with Crippen molar-refractivity contribution in [3.63, 3.8) is 0 Å². The van der Waals surface area contributed by atoms with Gasteiger partial charge in [0.1, 0.15) is 0 Å². The minimum Gasteiger partial charge on any atom is -0.395 e. The largest absolute Gasteiger partial charge is 0.395 e. The zero-order chi connectivity index (χ0) is 12.5. The number of thiophene rings is 1. The molecule has 3 nitrogen and oxygen atoms in total. The van der Waals surface area contributed by atoms with Gasteiger partial charge in [-0.05, 0) is 18.7 Å². The Labute approximate surface area is 108 Å². The molecule has 96 valence electrons. The molecule has 0 fully saturated rings. The second-order valence-electron chi connectivity index (χ2n) is 3.90. The highest BCUT2D eigenvalue weighted by Crippen LogP contribution is 2.18. The van der Waals surface area contributed by atoms with Crippen LogP contribution in [0.25, 0.3) is 0 Å². The van der Waals surface area contributed by atoms with Gasteiger partial charge in [-0.15, -0.1) is 17.9 Å². The van der Waals surface area contributed by atoms with Crippen molar-refractivity contribution >= 4 is 11.3 Å². The molecule has 1 aromatic rings. The first kappa shape index (κ1) is 14.4. The fraction of sp³-hybridized carbons (Fsp3) is 0.538. The van der Waals surface area contributed by atoms with Gasteiger partial charge in [0.05, 0.1) is 6.61 Å². The highest BCUT2D eigenvalue weighted by atomic mass is 32.1. The zero-order valence-corrected chi connectivity index (χ0v) is 11.3. The Morgan fingerprint density at radius 1 is 1.47 bits per heavy atom. The summed E-state index contributed by atoms with van der Waals surface area (Å²) in [4.78, 5) is 4.90. The monoisotopic (exact) mass is 254 g/mol. The standard InChI is InChI=1S/C13H22N2OS/c1-3-7-15(8-9-16)11-13-6-5-12(17-13)10-14-4-2/h3,5-6,14,16H,1,4,7-11H2,2H3. The summed E-state index contributed by atoms with van der Waals surface area (Å²) in [5, 5.41) is 12.3. The molecule has 0 aliphatic rings. The fourth-order valence-electron chi connectivity index (χ4n) is 1.63. The predicted octanol–water partition coefficient (Wildman–Crippen LogP) is 1.84. The lowest BCUT2D eigenvalue weighted by Gasteiger charge is -2.18. The van der Waals surface area contributed by atoms with Gasteiger partial charge in [0.15, 0.2) is 0 Å². The third-order valence-electron chi connectivity index (χ3n) is 2.45. The third kappa shape index (κ3) is 5.46. The number of nitrogens with zero attached hydrogens (tertiary/aromatic N) is 1. The van der Waals surface area contributed by atoms with E-state index in [1.54, 1.807) is 0 Å². The van der Waals surface area contributed by atoms with Crippen LogP contribution >= 0.6 is 11.3 Å². The molecule has 1 aromatic heterocycles. The van der Waals surface area contributed by atoms with E-state index in [0.717, 1.165) is 26.2 Å². The summed E-state index contributed by atoms with van der Waals surface area (Å²) in [6, 6.07) is 4.35. The first-order valence-corrected chi connectivity index (χ1v) is 6.84. The molecule has 0 unspecified atom stereocenters. The van der Waals surface area contributed by atoms with E-state index in [-0.39, 0.29) is 6.61 Å². The SMILES string of the molecule is C=CCN(CCO)Cc1ccc(CNCC)s1. The van der Waals surface area contributed by atoms with Crippen LogP contribution in [0.4, 0.5) is 0 Å². The van der Waals surface area contributed by atoms with E-state index < -0.39 is 0 Å². The van der Waals surface area contributed by atoms with Crippen LogP contribution in [-0.2, 0) is 13.1 Å². The van der Waals surface area contributed by atoms with E-state index in [1.165, 1.54) is 9.75 Å². The summed E-state index contributed by atoms with van der Waals surface area (Å²) < 4.78 is 0.